The maximum absolute atomic E-state index is 11.2. The van der Waals surface area contributed by atoms with Gasteiger partial charge in [-0.25, -0.2) is 0 Å². The molecule has 0 aromatic heterocycles. The van der Waals surface area contributed by atoms with E-state index in [1.54, 1.807) is 12.2 Å². The summed E-state index contributed by atoms with van der Waals surface area (Å²) >= 11 is 0. The summed E-state index contributed by atoms with van der Waals surface area (Å²) in [5.41, 5.74) is 2.08. The summed E-state index contributed by atoms with van der Waals surface area (Å²) in [5, 5.41) is 0. The first kappa shape index (κ1) is 12.1. The first-order valence-corrected chi connectivity index (χ1v) is 6.92. The fourth-order valence-electron chi connectivity index (χ4n) is 2.03. The van der Waals surface area contributed by atoms with E-state index >= 15 is 0 Å². The van der Waals surface area contributed by atoms with Crippen LogP contribution in [0.15, 0.2) is 41.3 Å². The summed E-state index contributed by atoms with van der Waals surface area (Å²) in [4.78, 5) is -0.0273. The summed E-state index contributed by atoms with van der Waals surface area (Å²) in [6.45, 7) is 1.99. The largest absolute Gasteiger partial charge is 0.294 e. The van der Waals surface area contributed by atoms with Crippen molar-refractivity contribution in [1.82, 2.24) is 0 Å². The fraction of sp³-hybridized carbons (Fsp3) is 0.231. The Labute approximate surface area is 101 Å². The smallest absolute Gasteiger partial charge is 0.282 e. The van der Waals surface area contributed by atoms with Gasteiger partial charge in [-0.1, -0.05) is 43.3 Å². The Morgan fingerprint density at radius 2 is 1.94 bits per heavy atom. The first-order chi connectivity index (χ1) is 8.02. The van der Waals surface area contributed by atoms with E-state index in [2.05, 4.69) is 0 Å². The normalized spacial score (nSPS) is 19.4. The molecule has 1 aliphatic carbocycles. The molecular formula is C13H14O3S. The average molecular weight is 250 g/mol. The maximum Gasteiger partial charge on any atom is 0.294 e. The number of hydrogen-bond donors (Lipinski definition) is 1. The van der Waals surface area contributed by atoms with E-state index in [1.165, 1.54) is 6.08 Å². The van der Waals surface area contributed by atoms with E-state index in [1.807, 2.05) is 31.2 Å². The molecule has 0 spiro atoms. The first-order valence-electron chi connectivity index (χ1n) is 5.48. The Morgan fingerprint density at radius 3 is 2.59 bits per heavy atom. The lowest BCUT2D eigenvalue weighted by atomic mass is 9.93. The molecule has 1 aromatic rings. The van der Waals surface area contributed by atoms with Gasteiger partial charge in [-0.3, -0.25) is 4.55 Å². The SMILES string of the molecule is CCC1C=C(S(=O)(=O)O)C=Cc2ccccc21. The molecule has 0 amide bonds. The van der Waals surface area contributed by atoms with E-state index in [0.717, 1.165) is 17.5 Å². The van der Waals surface area contributed by atoms with Crippen molar-refractivity contribution in [2.45, 2.75) is 19.3 Å². The second-order valence-electron chi connectivity index (χ2n) is 4.02. The second-order valence-corrected chi connectivity index (χ2v) is 5.44. The number of benzene rings is 1. The Bertz CT molecular complexity index is 582. The maximum atomic E-state index is 11.2. The molecule has 90 valence electrons. The van der Waals surface area contributed by atoms with Gasteiger partial charge in [-0.15, -0.1) is 0 Å². The van der Waals surface area contributed by atoms with E-state index in [0.29, 0.717) is 0 Å². The number of allylic oxidation sites excluding steroid dienone is 2. The molecule has 0 saturated heterocycles. The van der Waals surface area contributed by atoms with Gasteiger partial charge in [0, 0.05) is 5.92 Å². The van der Waals surface area contributed by atoms with Crippen LogP contribution < -0.4 is 0 Å². The summed E-state index contributed by atoms with van der Waals surface area (Å²) in [6.07, 6.45) is 5.57. The van der Waals surface area contributed by atoms with Crippen molar-refractivity contribution < 1.29 is 13.0 Å². The van der Waals surface area contributed by atoms with Crippen LogP contribution in [0, 0.1) is 0 Å². The highest BCUT2D eigenvalue weighted by Crippen LogP contribution is 2.30. The lowest BCUT2D eigenvalue weighted by Gasteiger charge is -2.12. The molecule has 1 atom stereocenters. The topological polar surface area (TPSA) is 54.4 Å². The fourth-order valence-corrected chi connectivity index (χ4v) is 2.60. The van der Waals surface area contributed by atoms with Crippen molar-refractivity contribution in [3.63, 3.8) is 0 Å². The molecule has 1 aromatic carbocycles. The molecule has 3 nitrogen and oxygen atoms in total. The predicted octanol–water partition coefficient (Wildman–Crippen LogP) is 2.98. The highest BCUT2D eigenvalue weighted by molar-refractivity contribution is 7.90. The average Bonchev–Trinajstić information content (AvgIpc) is 2.47. The predicted molar refractivity (Wildman–Crippen MR) is 68.1 cm³/mol. The molecule has 0 radical (unpaired) electrons. The zero-order valence-electron chi connectivity index (χ0n) is 9.50. The monoisotopic (exact) mass is 250 g/mol. The van der Waals surface area contributed by atoms with Crippen LogP contribution in [0.4, 0.5) is 0 Å². The van der Waals surface area contributed by atoms with Gasteiger partial charge in [0.15, 0.2) is 0 Å². The van der Waals surface area contributed by atoms with Gasteiger partial charge in [-0.2, -0.15) is 8.42 Å². The van der Waals surface area contributed by atoms with E-state index in [9.17, 15) is 8.42 Å². The molecule has 17 heavy (non-hydrogen) atoms. The van der Waals surface area contributed by atoms with Gasteiger partial charge in [-0.05, 0) is 23.6 Å². The van der Waals surface area contributed by atoms with Crippen LogP contribution in [0.5, 0.6) is 0 Å². The highest BCUT2D eigenvalue weighted by atomic mass is 32.2. The van der Waals surface area contributed by atoms with Crippen LogP contribution in [-0.2, 0) is 10.1 Å². The standard InChI is InChI=1S/C13H14O3S/c1-2-10-9-12(17(14,15)16)8-7-11-5-3-4-6-13(10)11/h3-10H,2H2,1H3,(H,14,15,16). The van der Waals surface area contributed by atoms with Gasteiger partial charge in [0.2, 0.25) is 0 Å². The third-order valence-electron chi connectivity index (χ3n) is 2.93. The van der Waals surface area contributed by atoms with Crippen molar-refractivity contribution in [3.8, 4) is 0 Å². The van der Waals surface area contributed by atoms with Crippen LogP contribution >= 0.6 is 0 Å². The third-order valence-corrected chi connectivity index (χ3v) is 3.79. The van der Waals surface area contributed by atoms with Gasteiger partial charge in [0.05, 0.1) is 4.91 Å². The molecule has 0 heterocycles. The number of fused-ring (bicyclic) bond motifs is 1. The van der Waals surface area contributed by atoms with Gasteiger partial charge in [0.25, 0.3) is 10.1 Å². The molecular weight excluding hydrogens is 236 g/mol. The minimum absolute atomic E-state index is 0.0122. The van der Waals surface area contributed by atoms with E-state index in [-0.39, 0.29) is 10.8 Å². The summed E-state index contributed by atoms with van der Waals surface area (Å²) in [5.74, 6) is 0.0122. The summed E-state index contributed by atoms with van der Waals surface area (Å²) in [6, 6.07) is 7.77. The van der Waals surface area contributed by atoms with Crippen molar-refractivity contribution in [1.29, 1.82) is 0 Å². The summed E-state index contributed by atoms with van der Waals surface area (Å²) in [7, 11) is -4.14. The lowest BCUT2D eigenvalue weighted by Crippen LogP contribution is -2.02. The van der Waals surface area contributed by atoms with Crippen LogP contribution in [0.25, 0.3) is 6.08 Å². The third kappa shape index (κ3) is 2.48. The van der Waals surface area contributed by atoms with Crippen molar-refractivity contribution in [2.24, 2.45) is 0 Å². The lowest BCUT2D eigenvalue weighted by molar-refractivity contribution is 0.492. The Kier molecular flexibility index (Phi) is 3.17. The zero-order chi connectivity index (χ0) is 12.5. The molecule has 4 heteroatoms. The van der Waals surface area contributed by atoms with Crippen LogP contribution in [0.3, 0.4) is 0 Å². The molecule has 0 fully saturated rings. The van der Waals surface area contributed by atoms with Gasteiger partial charge >= 0.3 is 0 Å². The molecule has 0 aliphatic heterocycles. The van der Waals surface area contributed by atoms with Crippen LogP contribution in [0.1, 0.15) is 30.4 Å². The van der Waals surface area contributed by atoms with Gasteiger partial charge in [0.1, 0.15) is 0 Å². The molecule has 1 N–H and O–H groups in total. The Balaban J connectivity index is 2.58. The molecule has 1 unspecified atom stereocenters. The quantitative estimate of drug-likeness (QED) is 0.821. The van der Waals surface area contributed by atoms with E-state index < -0.39 is 10.1 Å². The summed E-state index contributed by atoms with van der Waals surface area (Å²) < 4.78 is 31.5. The van der Waals surface area contributed by atoms with Crippen LogP contribution in [0.2, 0.25) is 0 Å². The second kappa shape index (κ2) is 4.47. The highest BCUT2D eigenvalue weighted by Gasteiger charge is 2.18. The van der Waals surface area contributed by atoms with Crippen molar-refractivity contribution in [3.05, 3.63) is 52.4 Å². The molecule has 0 bridgehead atoms. The van der Waals surface area contributed by atoms with Crippen molar-refractivity contribution >= 4 is 16.2 Å². The zero-order valence-corrected chi connectivity index (χ0v) is 10.3. The van der Waals surface area contributed by atoms with Gasteiger partial charge < -0.3 is 0 Å². The number of hydrogen-bond acceptors (Lipinski definition) is 2. The minimum atomic E-state index is -4.14. The molecule has 0 saturated carbocycles. The molecule has 2 rings (SSSR count). The Morgan fingerprint density at radius 1 is 1.24 bits per heavy atom. The van der Waals surface area contributed by atoms with Crippen LogP contribution in [-0.4, -0.2) is 13.0 Å². The van der Waals surface area contributed by atoms with Crippen molar-refractivity contribution in [2.75, 3.05) is 0 Å². The Hall–Kier alpha value is -1.39. The number of rotatable bonds is 2. The molecule has 1 aliphatic rings. The van der Waals surface area contributed by atoms with E-state index in [4.69, 9.17) is 4.55 Å². The minimum Gasteiger partial charge on any atom is -0.282 e.